The summed E-state index contributed by atoms with van der Waals surface area (Å²) in [5.41, 5.74) is -0.891. The van der Waals surface area contributed by atoms with Crippen molar-refractivity contribution in [1.29, 1.82) is 0 Å². The summed E-state index contributed by atoms with van der Waals surface area (Å²) in [6.07, 6.45) is -3.43. The number of unbranched alkanes of at least 4 members (excludes halogenated alkanes) is 2. The van der Waals surface area contributed by atoms with Crippen molar-refractivity contribution in [2.75, 3.05) is 26.4 Å². The molecule has 14 nitrogen and oxygen atoms in total. The first-order chi connectivity index (χ1) is 18.5. The lowest BCUT2D eigenvalue weighted by Crippen LogP contribution is -2.64. The first kappa shape index (κ1) is 36.7. The standard InChI is InChI=1S/C25H49N2O12P/c1-16(2)10-11-18(38-40(33,34)39-25(4,5)6)15-36-24(32)26-12-8-7-9-13-35-23-20(27-17(3)29)22(31)21(30)19(14-28)37-23/h16,18-23,28,30-31H,7-15H2,1-6H3,(H,26,32)(H,27,29)(H,33,34)/t18-,19-,20-,21+,22-,23?/m1/s1. The summed E-state index contributed by atoms with van der Waals surface area (Å²) in [7, 11) is -4.35. The van der Waals surface area contributed by atoms with Crippen LogP contribution < -0.4 is 10.6 Å². The van der Waals surface area contributed by atoms with Gasteiger partial charge in [-0.1, -0.05) is 13.8 Å². The molecule has 236 valence electrons. The predicted molar refractivity (Wildman–Crippen MR) is 144 cm³/mol. The van der Waals surface area contributed by atoms with E-state index >= 15 is 0 Å². The maximum absolute atomic E-state index is 12.3. The summed E-state index contributed by atoms with van der Waals surface area (Å²) >= 11 is 0. The van der Waals surface area contributed by atoms with Crippen molar-refractivity contribution in [3.63, 3.8) is 0 Å². The van der Waals surface area contributed by atoms with Gasteiger partial charge in [0.25, 0.3) is 0 Å². The van der Waals surface area contributed by atoms with Crippen LogP contribution in [0.2, 0.25) is 0 Å². The molecule has 0 aliphatic carbocycles. The Hall–Kier alpha value is -1.35. The van der Waals surface area contributed by atoms with Gasteiger partial charge in [-0.15, -0.1) is 0 Å². The van der Waals surface area contributed by atoms with Gasteiger partial charge in [0.2, 0.25) is 5.91 Å². The summed E-state index contributed by atoms with van der Waals surface area (Å²) in [5.74, 6) is -0.116. The Morgan fingerprint density at radius 2 is 1.75 bits per heavy atom. The van der Waals surface area contributed by atoms with E-state index in [2.05, 4.69) is 10.6 Å². The Balaban J connectivity index is 2.39. The van der Waals surface area contributed by atoms with Crippen molar-refractivity contribution in [2.45, 2.75) is 116 Å². The lowest BCUT2D eigenvalue weighted by Gasteiger charge is -2.42. The van der Waals surface area contributed by atoms with Crippen molar-refractivity contribution in [2.24, 2.45) is 5.92 Å². The average Bonchev–Trinajstić information content (AvgIpc) is 2.82. The molecule has 1 fully saturated rings. The molecular weight excluding hydrogens is 551 g/mol. The fraction of sp³-hybridized carbons (Fsp3) is 0.920. The highest BCUT2D eigenvalue weighted by Crippen LogP contribution is 2.48. The fourth-order valence-electron chi connectivity index (χ4n) is 3.87. The quantitative estimate of drug-likeness (QED) is 0.104. The van der Waals surface area contributed by atoms with E-state index in [1.165, 1.54) is 6.92 Å². The van der Waals surface area contributed by atoms with E-state index in [-0.39, 0.29) is 13.2 Å². The van der Waals surface area contributed by atoms with E-state index in [9.17, 15) is 34.4 Å². The zero-order valence-electron chi connectivity index (χ0n) is 24.4. The van der Waals surface area contributed by atoms with Gasteiger partial charge in [0.05, 0.1) is 12.2 Å². The minimum absolute atomic E-state index is 0.207. The maximum atomic E-state index is 12.3. The molecule has 15 heteroatoms. The molecule has 1 saturated heterocycles. The van der Waals surface area contributed by atoms with Gasteiger partial charge < -0.3 is 45.1 Å². The lowest BCUT2D eigenvalue weighted by molar-refractivity contribution is -0.270. The third-order valence-corrected chi connectivity index (χ3v) is 7.10. The molecule has 1 heterocycles. The number of rotatable bonds is 17. The first-order valence-electron chi connectivity index (χ1n) is 13.7. The summed E-state index contributed by atoms with van der Waals surface area (Å²) in [6.45, 7) is 9.95. The highest BCUT2D eigenvalue weighted by atomic mass is 31.2. The molecule has 0 bridgehead atoms. The molecule has 2 amide bonds. The van der Waals surface area contributed by atoms with Crippen LogP contribution in [0.1, 0.15) is 73.6 Å². The summed E-state index contributed by atoms with van der Waals surface area (Å²) in [5, 5.41) is 34.8. The van der Waals surface area contributed by atoms with Gasteiger partial charge in [-0.25, -0.2) is 9.36 Å². The molecule has 0 aromatic carbocycles. The van der Waals surface area contributed by atoms with Crippen molar-refractivity contribution in [3.8, 4) is 0 Å². The van der Waals surface area contributed by atoms with Gasteiger partial charge in [0.15, 0.2) is 6.29 Å². The van der Waals surface area contributed by atoms with Crippen molar-refractivity contribution >= 4 is 19.8 Å². The monoisotopic (exact) mass is 600 g/mol. The van der Waals surface area contributed by atoms with E-state index < -0.39 is 68.8 Å². The number of carbonyl (C=O) groups excluding carboxylic acids is 2. The SMILES string of the molecule is CC(=O)N[C@H]1C(OCCCCCNC(=O)OC[C@@H](CCC(C)C)OP(=O)(O)OC(C)(C)C)O[C@H](CO)[C@H](O)[C@@H]1O. The molecule has 40 heavy (non-hydrogen) atoms. The van der Waals surface area contributed by atoms with Crippen LogP contribution >= 0.6 is 7.82 Å². The number of hydrogen-bond donors (Lipinski definition) is 6. The zero-order chi connectivity index (χ0) is 30.5. The third kappa shape index (κ3) is 15.0. The molecule has 0 radical (unpaired) electrons. The molecular formula is C25H49N2O12P. The molecule has 0 spiro atoms. The number of hydrogen-bond acceptors (Lipinski definition) is 11. The summed E-state index contributed by atoms with van der Waals surface area (Å²) in [6, 6.07) is -1.00. The molecule has 0 saturated carbocycles. The Labute approximate surface area is 236 Å². The number of phosphoric acid groups is 1. The van der Waals surface area contributed by atoms with E-state index in [1.807, 2.05) is 13.8 Å². The van der Waals surface area contributed by atoms with Gasteiger partial charge in [0.1, 0.15) is 37.1 Å². The number of amides is 2. The molecule has 1 aliphatic rings. The van der Waals surface area contributed by atoms with Crippen molar-refractivity contribution in [3.05, 3.63) is 0 Å². The number of aliphatic hydroxyl groups is 3. The number of nitrogens with one attached hydrogen (secondary N) is 2. The second kappa shape index (κ2) is 17.6. The Kier molecular flexibility index (Phi) is 16.1. The van der Waals surface area contributed by atoms with Crippen LogP contribution in [0, 0.1) is 5.92 Å². The number of phosphoric ester groups is 1. The average molecular weight is 601 g/mol. The van der Waals surface area contributed by atoms with Crippen LogP contribution in [-0.2, 0) is 32.6 Å². The van der Waals surface area contributed by atoms with Crippen LogP contribution in [0.5, 0.6) is 0 Å². The van der Waals surface area contributed by atoms with Crippen molar-refractivity contribution in [1.82, 2.24) is 10.6 Å². The van der Waals surface area contributed by atoms with Crippen LogP contribution in [0.3, 0.4) is 0 Å². The van der Waals surface area contributed by atoms with Gasteiger partial charge in [-0.2, -0.15) is 0 Å². The van der Waals surface area contributed by atoms with E-state index in [1.54, 1.807) is 20.8 Å². The molecule has 1 aliphatic heterocycles. The molecule has 6 N–H and O–H groups in total. The summed E-state index contributed by atoms with van der Waals surface area (Å²) in [4.78, 5) is 33.7. The minimum atomic E-state index is -4.35. The predicted octanol–water partition coefficient (Wildman–Crippen LogP) is 1.58. The van der Waals surface area contributed by atoms with Gasteiger partial charge in [-0.3, -0.25) is 13.8 Å². The lowest BCUT2D eigenvalue weighted by atomic mass is 9.97. The number of alkyl carbamates (subject to hydrolysis) is 1. The molecule has 0 aromatic rings. The van der Waals surface area contributed by atoms with Crippen LogP contribution in [0.25, 0.3) is 0 Å². The molecule has 7 atom stereocenters. The Morgan fingerprint density at radius 3 is 2.33 bits per heavy atom. The fourth-order valence-corrected chi connectivity index (χ4v) is 5.15. The number of carbonyl (C=O) groups is 2. The zero-order valence-corrected chi connectivity index (χ0v) is 25.3. The van der Waals surface area contributed by atoms with Crippen LogP contribution in [0.4, 0.5) is 4.79 Å². The van der Waals surface area contributed by atoms with E-state index in [0.717, 1.165) is 0 Å². The second-order valence-electron chi connectivity index (χ2n) is 11.3. The maximum Gasteiger partial charge on any atom is 0.473 e. The number of aliphatic hydroxyl groups excluding tert-OH is 3. The normalized spacial score (nSPS) is 25.7. The van der Waals surface area contributed by atoms with Crippen LogP contribution in [-0.4, -0.2) is 101 Å². The van der Waals surface area contributed by atoms with Gasteiger partial charge in [0, 0.05) is 20.1 Å². The van der Waals surface area contributed by atoms with E-state index in [0.29, 0.717) is 44.6 Å². The first-order valence-corrected chi connectivity index (χ1v) is 15.2. The second-order valence-corrected chi connectivity index (χ2v) is 12.6. The highest BCUT2D eigenvalue weighted by molar-refractivity contribution is 7.47. The topological polar surface area (TPSA) is 202 Å². The largest absolute Gasteiger partial charge is 0.473 e. The molecule has 0 aromatic heterocycles. The number of ether oxygens (including phenoxy) is 3. The summed E-state index contributed by atoms with van der Waals surface area (Å²) < 4.78 is 39.1. The highest BCUT2D eigenvalue weighted by Gasteiger charge is 2.45. The minimum Gasteiger partial charge on any atom is -0.447 e. The van der Waals surface area contributed by atoms with Gasteiger partial charge >= 0.3 is 13.9 Å². The Morgan fingerprint density at radius 1 is 1.07 bits per heavy atom. The smallest absolute Gasteiger partial charge is 0.447 e. The molecule has 2 unspecified atom stereocenters. The van der Waals surface area contributed by atoms with Crippen LogP contribution in [0.15, 0.2) is 0 Å². The van der Waals surface area contributed by atoms with Gasteiger partial charge in [-0.05, 0) is 58.8 Å². The van der Waals surface area contributed by atoms with E-state index in [4.69, 9.17) is 23.3 Å². The Bertz CT molecular complexity index is 809. The third-order valence-electron chi connectivity index (χ3n) is 5.76. The van der Waals surface area contributed by atoms with Crippen molar-refractivity contribution < 1.29 is 57.6 Å². The molecule has 1 rings (SSSR count).